The molecule has 124 valence electrons. The molecule has 0 unspecified atom stereocenters. The number of ether oxygens (including phenoxy) is 2. The van der Waals surface area contributed by atoms with Crippen LogP contribution in [0.5, 0.6) is 11.5 Å². The fraction of sp³-hybridized carbons (Fsp3) is 0.611. The number of hydrogen-bond donors (Lipinski definition) is 1. The van der Waals surface area contributed by atoms with Crippen LogP contribution in [0.15, 0.2) is 18.2 Å². The molecular weight excluding hydrogens is 280 g/mol. The van der Waals surface area contributed by atoms with Gasteiger partial charge < -0.3 is 14.6 Å². The molecule has 1 N–H and O–H groups in total. The number of benzene rings is 1. The minimum Gasteiger partial charge on any atom is -0.507 e. The van der Waals surface area contributed by atoms with E-state index in [0.717, 1.165) is 12.8 Å². The Bertz CT molecular complexity index is 443. The maximum Gasteiger partial charge on any atom is 0.341 e. The minimum atomic E-state index is -0.560. The summed E-state index contributed by atoms with van der Waals surface area (Å²) >= 11 is 0. The predicted octanol–water partition coefficient (Wildman–Crippen LogP) is 4.70. The molecular formula is C18H28O4. The molecule has 4 nitrogen and oxygen atoms in total. The van der Waals surface area contributed by atoms with Gasteiger partial charge in [0.1, 0.15) is 17.1 Å². The lowest BCUT2D eigenvalue weighted by Crippen LogP contribution is -2.03. The number of phenols is 1. The van der Waals surface area contributed by atoms with E-state index in [2.05, 4.69) is 11.7 Å². The molecule has 0 aliphatic rings. The van der Waals surface area contributed by atoms with Gasteiger partial charge in [0.05, 0.1) is 13.7 Å². The summed E-state index contributed by atoms with van der Waals surface area (Å²) in [6, 6.07) is 4.63. The molecule has 0 fully saturated rings. The van der Waals surface area contributed by atoms with Crippen LogP contribution in [0.3, 0.4) is 0 Å². The van der Waals surface area contributed by atoms with Gasteiger partial charge in [-0.2, -0.15) is 0 Å². The van der Waals surface area contributed by atoms with Gasteiger partial charge in [-0.1, -0.05) is 51.9 Å². The quantitative estimate of drug-likeness (QED) is 0.475. The van der Waals surface area contributed by atoms with Gasteiger partial charge in [0, 0.05) is 0 Å². The van der Waals surface area contributed by atoms with Crippen LogP contribution < -0.4 is 4.74 Å². The fourth-order valence-corrected chi connectivity index (χ4v) is 2.30. The SMILES string of the molecule is CCCCCCCCCCOc1ccc(O)c(C(=O)OC)c1. The lowest BCUT2D eigenvalue weighted by Gasteiger charge is -2.08. The van der Waals surface area contributed by atoms with Crippen LogP contribution in [0.4, 0.5) is 0 Å². The van der Waals surface area contributed by atoms with E-state index in [1.165, 1.54) is 57.8 Å². The van der Waals surface area contributed by atoms with Crippen molar-refractivity contribution in [2.45, 2.75) is 58.3 Å². The van der Waals surface area contributed by atoms with Gasteiger partial charge in [-0.15, -0.1) is 0 Å². The lowest BCUT2D eigenvalue weighted by atomic mass is 10.1. The number of esters is 1. The number of carbonyl (C=O) groups is 1. The Morgan fingerprint density at radius 2 is 1.68 bits per heavy atom. The first kappa shape index (κ1) is 18.3. The first-order chi connectivity index (χ1) is 10.7. The molecule has 22 heavy (non-hydrogen) atoms. The zero-order valence-electron chi connectivity index (χ0n) is 13.8. The van der Waals surface area contributed by atoms with Crippen LogP contribution >= 0.6 is 0 Å². The first-order valence-corrected chi connectivity index (χ1v) is 8.23. The number of rotatable bonds is 11. The highest BCUT2D eigenvalue weighted by atomic mass is 16.5. The third-order valence-electron chi connectivity index (χ3n) is 3.64. The van der Waals surface area contributed by atoms with Crippen molar-refractivity contribution in [3.63, 3.8) is 0 Å². The summed E-state index contributed by atoms with van der Waals surface area (Å²) in [5, 5.41) is 9.61. The van der Waals surface area contributed by atoms with Crippen molar-refractivity contribution in [1.82, 2.24) is 0 Å². The Balaban J connectivity index is 2.21. The van der Waals surface area contributed by atoms with Crippen molar-refractivity contribution in [2.75, 3.05) is 13.7 Å². The summed E-state index contributed by atoms with van der Waals surface area (Å²) in [5.74, 6) is -0.0672. The average molecular weight is 308 g/mol. The number of carbonyl (C=O) groups excluding carboxylic acids is 1. The van der Waals surface area contributed by atoms with Crippen molar-refractivity contribution in [3.8, 4) is 11.5 Å². The van der Waals surface area contributed by atoms with Crippen LogP contribution in [0.25, 0.3) is 0 Å². The molecule has 0 aliphatic carbocycles. The minimum absolute atomic E-state index is 0.0914. The maximum absolute atomic E-state index is 11.5. The third-order valence-corrected chi connectivity index (χ3v) is 3.64. The van der Waals surface area contributed by atoms with Gasteiger partial charge in [-0.3, -0.25) is 0 Å². The lowest BCUT2D eigenvalue weighted by molar-refractivity contribution is 0.0597. The average Bonchev–Trinajstić information content (AvgIpc) is 2.54. The Labute approximate surface area is 133 Å². The molecule has 0 saturated heterocycles. The zero-order valence-corrected chi connectivity index (χ0v) is 13.8. The highest BCUT2D eigenvalue weighted by molar-refractivity contribution is 5.92. The van der Waals surface area contributed by atoms with Crippen molar-refractivity contribution < 1.29 is 19.4 Å². The van der Waals surface area contributed by atoms with Crippen molar-refractivity contribution in [2.24, 2.45) is 0 Å². The molecule has 1 rings (SSSR count). The Kier molecular flexibility index (Phi) is 9.12. The molecule has 0 atom stereocenters. The molecule has 0 aliphatic heterocycles. The smallest absolute Gasteiger partial charge is 0.341 e. The molecule has 1 aromatic rings. The van der Waals surface area contributed by atoms with Crippen LogP contribution in [0.1, 0.15) is 68.6 Å². The molecule has 0 spiro atoms. The summed E-state index contributed by atoms with van der Waals surface area (Å²) < 4.78 is 10.2. The number of unbranched alkanes of at least 4 members (excludes halogenated alkanes) is 7. The Morgan fingerprint density at radius 3 is 2.32 bits per heavy atom. The summed E-state index contributed by atoms with van der Waals surface area (Å²) in [6.07, 6.45) is 10.0. The molecule has 0 amide bonds. The number of hydrogen-bond acceptors (Lipinski definition) is 4. The van der Waals surface area contributed by atoms with E-state index in [1.807, 2.05) is 0 Å². The predicted molar refractivity (Wildman–Crippen MR) is 87.6 cm³/mol. The second-order valence-electron chi connectivity index (χ2n) is 5.49. The van der Waals surface area contributed by atoms with Gasteiger partial charge in [0.25, 0.3) is 0 Å². The number of phenolic OH excluding ortho intramolecular Hbond substituents is 1. The largest absolute Gasteiger partial charge is 0.507 e. The topological polar surface area (TPSA) is 55.8 Å². The van der Waals surface area contributed by atoms with E-state index in [1.54, 1.807) is 6.07 Å². The molecule has 0 radical (unpaired) electrons. The van der Waals surface area contributed by atoms with Gasteiger partial charge in [-0.05, 0) is 24.6 Å². The third kappa shape index (κ3) is 6.83. The van der Waals surface area contributed by atoms with Gasteiger partial charge in [0.2, 0.25) is 0 Å². The van der Waals surface area contributed by atoms with Crippen LogP contribution in [-0.2, 0) is 4.74 Å². The summed E-state index contributed by atoms with van der Waals surface area (Å²) in [7, 11) is 1.29. The second-order valence-corrected chi connectivity index (χ2v) is 5.49. The summed E-state index contributed by atoms with van der Waals surface area (Å²) in [4.78, 5) is 11.5. The molecule has 0 aromatic heterocycles. The maximum atomic E-state index is 11.5. The first-order valence-electron chi connectivity index (χ1n) is 8.23. The van der Waals surface area contributed by atoms with E-state index < -0.39 is 5.97 Å². The van der Waals surface area contributed by atoms with Crippen LogP contribution in [0.2, 0.25) is 0 Å². The number of aromatic hydroxyl groups is 1. The highest BCUT2D eigenvalue weighted by Gasteiger charge is 2.12. The molecule has 0 saturated carbocycles. The van der Waals surface area contributed by atoms with E-state index in [4.69, 9.17) is 4.74 Å². The highest BCUT2D eigenvalue weighted by Crippen LogP contribution is 2.24. The van der Waals surface area contributed by atoms with E-state index in [0.29, 0.717) is 12.4 Å². The van der Waals surface area contributed by atoms with Crippen molar-refractivity contribution in [3.05, 3.63) is 23.8 Å². The van der Waals surface area contributed by atoms with E-state index >= 15 is 0 Å². The Morgan fingerprint density at radius 1 is 1.05 bits per heavy atom. The van der Waals surface area contributed by atoms with E-state index in [-0.39, 0.29) is 11.3 Å². The van der Waals surface area contributed by atoms with Crippen molar-refractivity contribution >= 4 is 5.97 Å². The number of methoxy groups -OCH3 is 1. The standard InChI is InChI=1S/C18H28O4/c1-3-4-5-6-7-8-9-10-13-22-15-11-12-17(19)16(14-15)18(20)21-2/h11-12,14,19H,3-10,13H2,1-2H3. The molecule has 0 heterocycles. The van der Waals surface area contributed by atoms with Crippen LogP contribution in [0, 0.1) is 0 Å². The second kappa shape index (κ2) is 10.9. The molecule has 0 bridgehead atoms. The van der Waals surface area contributed by atoms with Gasteiger partial charge in [0.15, 0.2) is 0 Å². The van der Waals surface area contributed by atoms with E-state index in [9.17, 15) is 9.90 Å². The normalized spacial score (nSPS) is 10.5. The van der Waals surface area contributed by atoms with Crippen LogP contribution in [-0.4, -0.2) is 24.8 Å². The molecule has 4 heteroatoms. The summed E-state index contributed by atoms with van der Waals surface area (Å²) in [6.45, 7) is 2.85. The monoisotopic (exact) mass is 308 g/mol. The fourth-order valence-electron chi connectivity index (χ4n) is 2.30. The van der Waals surface area contributed by atoms with Gasteiger partial charge >= 0.3 is 5.97 Å². The van der Waals surface area contributed by atoms with Gasteiger partial charge in [-0.25, -0.2) is 4.79 Å². The summed E-state index contributed by atoms with van der Waals surface area (Å²) in [5.41, 5.74) is 0.135. The van der Waals surface area contributed by atoms with Crippen molar-refractivity contribution in [1.29, 1.82) is 0 Å². The Hall–Kier alpha value is -1.71. The molecule has 1 aromatic carbocycles. The zero-order chi connectivity index (χ0) is 16.2.